The molecular formula is C16H19NO4. The molecule has 1 amide bonds. The number of amides is 1. The fraction of sp³-hybridized carbons (Fsp3) is 0.500. The normalized spacial score (nSPS) is 28.2. The van der Waals surface area contributed by atoms with Crippen LogP contribution in [0.1, 0.15) is 24.0 Å². The summed E-state index contributed by atoms with van der Waals surface area (Å²) < 4.78 is 0. The Morgan fingerprint density at radius 3 is 2.62 bits per heavy atom. The number of carboxylic acid groups (broad SMARTS) is 1. The second kappa shape index (κ2) is 5.48. The molecule has 0 aromatic heterocycles. The first-order chi connectivity index (χ1) is 10.1. The number of aliphatic carboxylic acids is 1. The molecule has 1 fully saturated rings. The summed E-state index contributed by atoms with van der Waals surface area (Å²) in [5.74, 6) is -1.34. The van der Waals surface area contributed by atoms with Crippen molar-refractivity contribution >= 4 is 11.9 Å². The zero-order chi connectivity index (χ0) is 15.0. The number of fused-ring (bicyclic) bond motifs is 1. The molecule has 1 heterocycles. The number of benzene rings is 1. The predicted molar refractivity (Wildman–Crippen MR) is 75.7 cm³/mol. The van der Waals surface area contributed by atoms with E-state index in [4.69, 9.17) is 0 Å². The highest BCUT2D eigenvalue weighted by Crippen LogP contribution is 2.29. The Balaban J connectivity index is 1.76. The summed E-state index contributed by atoms with van der Waals surface area (Å²) in [7, 11) is 0. The van der Waals surface area contributed by atoms with E-state index in [2.05, 4.69) is 6.07 Å². The minimum atomic E-state index is -1.03. The van der Waals surface area contributed by atoms with Crippen LogP contribution in [0.4, 0.5) is 0 Å². The molecule has 2 aliphatic rings. The van der Waals surface area contributed by atoms with Crippen LogP contribution >= 0.6 is 0 Å². The van der Waals surface area contributed by atoms with Crippen molar-refractivity contribution in [3.63, 3.8) is 0 Å². The Morgan fingerprint density at radius 1 is 1.19 bits per heavy atom. The molecule has 0 bridgehead atoms. The van der Waals surface area contributed by atoms with Crippen LogP contribution in [0.25, 0.3) is 0 Å². The summed E-state index contributed by atoms with van der Waals surface area (Å²) in [4.78, 5) is 25.2. The summed E-state index contributed by atoms with van der Waals surface area (Å²) in [6.45, 7) is 0.133. The maximum absolute atomic E-state index is 12.6. The zero-order valence-corrected chi connectivity index (χ0v) is 11.7. The van der Waals surface area contributed by atoms with Crippen LogP contribution in [0, 0.1) is 5.92 Å². The molecule has 5 nitrogen and oxygen atoms in total. The van der Waals surface area contributed by atoms with E-state index in [1.807, 2.05) is 18.2 Å². The van der Waals surface area contributed by atoms with Gasteiger partial charge >= 0.3 is 5.97 Å². The van der Waals surface area contributed by atoms with Crippen molar-refractivity contribution in [1.82, 2.24) is 4.90 Å². The van der Waals surface area contributed by atoms with Crippen molar-refractivity contribution in [2.45, 2.75) is 37.8 Å². The lowest BCUT2D eigenvalue weighted by Crippen LogP contribution is -2.44. The first-order valence-electron chi connectivity index (χ1n) is 7.34. The summed E-state index contributed by atoms with van der Waals surface area (Å²) in [6.07, 6.45) is 1.65. The van der Waals surface area contributed by atoms with Gasteiger partial charge in [-0.25, -0.2) is 4.79 Å². The summed E-state index contributed by atoms with van der Waals surface area (Å²) >= 11 is 0. The fourth-order valence-electron chi connectivity index (χ4n) is 3.43. The molecule has 1 aromatic carbocycles. The molecule has 1 saturated heterocycles. The summed E-state index contributed by atoms with van der Waals surface area (Å²) in [5.41, 5.74) is 2.45. The van der Waals surface area contributed by atoms with Gasteiger partial charge in [0.15, 0.2) is 0 Å². The number of aliphatic hydroxyl groups excluding tert-OH is 1. The molecule has 0 radical (unpaired) electrons. The Labute approximate surface area is 123 Å². The van der Waals surface area contributed by atoms with Gasteiger partial charge in [-0.1, -0.05) is 24.3 Å². The highest BCUT2D eigenvalue weighted by molar-refractivity contribution is 5.86. The van der Waals surface area contributed by atoms with Crippen LogP contribution in [-0.2, 0) is 22.4 Å². The molecule has 1 aromatic rings. The molecule has 21 heavy (non-hydrogen) atoms. The minimum absolute atomic E-state index is 0.129. The Morgan fingerprint density at radius 2 is 1.90 bits per heavy atom. The topological polar surface area (TPSA) is 77.8 Å². The third-order valence-electron chi connectivity index (χ3n) is 4.54. The van der Waals surface area contributed by atoms with Gasteiger partial charge in [0.05, 0.1) is 6.10 Å². The Kier molecular flexibility index (Phi) is 3.68. The number of likely N-dealkylation sites (tertiary alicyclic amines) is 1. The quantitative estimate of drug-likeness (QED) is 0.845. The number of hydrogen-bond acceptors (Lipinski definition) is 3. The highest BCUT2D eigenvalue weighted by Gasteiger charge is 2.41. The number of rotatable bonds is 2. The fourth-order valence-corrected chi connectivity index (χ4v) is 3.43. The molecule has 3 rings (SSSR count). The second-order valence-corrected chi connectivity index (χ2v) is 5.94. The number of aliphatic hydroxyl groups is 1. The van der Waals surface area contributed by atoms with Crippen LogP contribution in [0.3, 0.4) is 0 Å². The monoisotopic (exact) mass is 289 g/mol. The molecule has 1 unspecified atom stereocenters. The molecule has 5 heteroatoms. The SMILES string of the molecule is O=C(O)[C@@H]1C[C@@H](O)CN1C(=O)C1CCc2ccccc2C1. The maximum Gasteiger partial charge on any atom is 0.326 e. The van der Waals surface area contributed by atoms with E-state index in [0.717, 1.165) is 12.8 Å². The first-order valence-corrected chi connectivity index (χ1v) is 7.34. The van der Waals surface area contributed by atoms with Gasteiger partial charge in [-0.15, -0.1) is 0 Å². The van der Waals surface area contributed by atoms with Crippen molar-refractivity contribution in [1.29, 1.82) is 0 Å². The van der Waals surface area contributed by atoms with E-state index < -0.39 is 18.1 Å². The van der Waals surface area contributed by atoms with Crippen LogP contribution in [-0.4, -0.2) is 45.7 Å². The van der Waals surface area contributed by atoms with Crippen LogP contribution in [0.15, 0.2) is 24.3 Å². The average Bonchev–Trinajstić information content (AvgIpc) is 2.88. The maximum atomic E-state index is 12.6. The molecule has 2 N–H and O–H groups in total. The van der Waals surface area contributed by atoms with Crippen molar-refractivity contribution in [2.75, 3.05) is 6.54 Å². The van der Waals surface area contributed by atoms with Gasteiger partial charge in [0.1, 0.15) is 6.04 Å². The average molecular weight is 289 g/mol. The van der Waals surface area contributed by atoms with Gasteiger partial charge < -0.3 is 15.1 Å². The van der Waals surface area contributed by atoms with E-state index in [1.165, 1.54) is 16.0 Å². The number of aryl methyl sites for hydroxylation is 1. The van der Waals surface area contributed by atoms with Gasteiger partial charge in [0.25, 0.3) is 0 Å². The van der Waals surface area contributed by atoms with E-state index in [-0.39, 0.29) is 24.8 Å². The van der Waals surface area contributed by atoms with Gasteiger partial charge in [0, 0.05) is 18.9 Å². The number of hydrogen-bond donors (Lipinski definition) is 2. The van der Waals surface area contributed by atoms with Gasteiger partial charge in [-0.3, -0.25) is 4.79 Å². The van der Waals surface area contributed by atoms with E-state index in [0.29, 0.717) is 6.42 Å². The molecule has 3 atom stereocenters. The molecule has 0 saturated carbocycles. The van der Waals surface area contributed by atoms with Gasteiger partial charge in [0.2, 0.25) is 5.91 Å². The van der Waals surface area contributed by atoms with Crippen molar-refractivity contribution in [2.24, 2.45) is 5.92 Å². The van der Waals surface area contributed by atoms with Crippen molar-refractivity contribution in [3.8, 4) is 0 Å². The minimum Gasteiger partial charge on any atom is -0.480 e. The van der Waals surface area contributed by atoms with E-state index in [1.54, 1.807) is 0 Å². The molecule has 1 aliphatic heterocycles. The Bertz CT molecular complexity index is 571. The number of carbonyl (C=O) groups excluding carboxylic acids is 1. The van der Waals surface area contributed by atoms with Crippen molar-refractivity contribution < 1.29 is 19.8 Å². The lowest BCUT2D eigenvalue weighted by atomic mass is 9.83. The molecular weight excluding hydrogens is 270 g/mol. The number of carboxylic acids is 1. The molecule has 1 aliphatic carbocycles. The summed E-state index contributed by atoms with van der Waals surface area (Å²) in [6, 6.07) is 7.19. The van der Waals surface area contributed by atoms with Crippen molar-refractivity contribution in [3.05, 3.63) is 35.4 Å². The number of β-amino-alcohol motifs (C(OH)–C–C–N with tert-alkyl or cyclic N) is 1. The van der Waals surface area contributed by atoms with Crippen LogP contribution in [0.5, 0.6) is 0 Å². The van der Waals surface area contributed by atoms with E-state index in [9.17, 15) is 19.8 Å². The third kappa shape index (κ3) is 2.65. The molecule has 112 valence electrons. The third-order valence-corrected chi connectivity index (χ3v) is 4.54. The highest BCUT2D eigenvalue weighted by atomic mass is 16.4. The van der Waals surface area contributed by atoms with Crippen LogP contribution in [0.2, 0.25) is 0 Å². The van der Waals surface area contributed by atoms with Crippen LogP contribution < -0.4 is 0 Å². The number of carbonyl (C=O) groups is 2. The number of nitrogens with zero attached hydrogens (tertiary/aromatic N) is 1. The predicted octanol–water partition coefficient (Wildman–Crippen LogP) is 0.838. The lowest BCUT2D eigenvalue weighted by molar-refractivity contribution is -0.150. The second-order valence-electron chi connectivity index (χ2n) is 5.94. The van der Waals surface area contributed by atoms with Gasteiger partial charge in [-0.05, 0) is 30.4 Å². The largest absolute Gasteiger partial charge is 0.480 e. The first kappa shape index (κ1) is 14.1. The van der Waals surface area contributed by atoms with Gasteiger partial charge in [-0.2, -0.15) is 0 Å². The smallest absolute Gasteiger partial charge is 0.326 e. The molecule has 0 spiro atoms. The van der Waals surface area contributed by atoms with E-state index >= 15 is 0 Å². The lowest BCUT2D eigenvalue weighted by Gasteiger charge is -2.29. The standard InChI is InChI=1S/C16H19NO4/c18-13-8-14(16(20)21)17(9-13)15(19)12-6-5-10-3-1-2-4-11(10)7-12/h1-4,12-14,18H,5-9H2,(H,20,21)/t12?,13-,14+/m1/s1. The summed E-state index contributed by atoms with van der Waals surface area (Å²) in [5, 5.41) is 18.9. The zero-order valence-electron chi connectivity index (χ0n) is 11.7. The Hall–Kier alpha value is -1.88.